The van der Waals surface area contributed by atoms with Crippen LogP contribution in [0.1, 0.15) is 79.7 Å². The number of hydrogen-bond donors (Lipinski definition) is 5. The minimum atomic E-state index is -0.900. The molecule has 1 saturated heterocycles. The zero-order valence-electron chi connectivity index (χ0n) is 37.5. The van der Waals surface area contributed by atoms with E-state index in [0.29, 0.717) is 37.2 Å². The minimum Gasteiger partial charge on any atom is -0.399 e. The van der Waals surface area contributed by atoms with Gasteiger partial charge in [-0.15, -0.1) is 0 Å². The number of nitrogens with zero attached hydrogens (tertiary/aromatic N) is 3. The number of nitrogen functional groups attached to an aromatic ring is 1. The van der Waals surface area contributed by atoms with Crippen LogP contribution in [-0.2, 0) is 39.9 Å². The van der Waals surface area contributed by atoms with Crippen LogP contribution in [-0.4, -0.2) is 121 Å². The molecular weight excluding hydrogens is 783 g/mol. The number of carbonyl (C=O) groups excluding carboxylic acids is 5. The third-order valence-corrected chi connectivity index (χ3v) is 12.1. The number of anilines is 2. The second-order valence-corrected chi connectivity index (χ2v) is 17.6. The largest absolute Gasteiger partial charge is 0.399 e. The van der Waals surface area contributed by atoms with Crippen molar-refractivity contribution in [2.24, 2.45) is 23.7 Å². The number of methoxy groups -OCH3 is 2. The first-order chi connectivity index (χ1) is 28.4. The average Bonchev–Trinajstić information content (AvgIpc) is 3.69. The van der Waals surface area contributed by atoms with E-state index in [2.05, 4.69) is 28.8 Å². The molecule has 5 amide bonds. The Morgan fingerprint density at radius 1 is 0.867 bits per heavy atom. The van der Waals surface area contributed by atoms with E-state index < -0.39 is 48.3 Å². The fourth-order valence-corrected chi connectivity index (χ4v) is 8.71. The topological polar surface area (TPSA) is 176 Å². The van der Waals surface area contributed by atoms with Gasteiger partial charge in [0.05, 0.1) is 36.6 Å². The molecule has 14 nitrogen and oxygen atoms in total. The van der Waals surface area contributed by atoms with Gasteiger partial charge in [0.2, 0.25) is 29.5 Å². The molecule has 1 aliphatic heterocycles. The van der Waals surface area contributed by atoms with Crippen molar-refractivity contribution in [3.8, 4) is 0 Å². The second kappa shape index (κ2) is 23.7. The number of thiol groups is 1. The molecule has 5 N–H and O–H groups in total. The fourth-order valence-electron chi connectivity index (χ4n) is 8.34. The van der Waals surface area contributed by atoms with Crippen molar-refractivity contribution < 1.29 is 33.4 Å². The third-order valence-electron chi connectivity index (χ3n) is 11.9. The van der Waals surface area contributed by atoms with Gasteiger partial charge in [-0.3, -0.25) is 24.0 Å². The first-order valence-electron chi connectivity index (χ1n) is 21.2. The first-order valence-corrected chi connectivity index (χ1v) is 21.6. The zero-order chi connectivity index (χ0) is 44.8. The molecule has 0 bridgehead atoms. The molecular formula is C45H71N7O7S. The summed E-state index contributed by atoms with van der Waals surface area (Å²) in [5, 5.41) is 8.86. The first kappa shape index (κ1) is 50.2. The lowest BCUT2D eigenvalue weighted by molar-refractivity contribution is -0.148. The molecule has 0 radical (unpaired) electrons. The summed E-state index contributed by atoms with van der Waals surface area (Å²) in [6, 6.07) is 13.1. The van der Waals surface area contributed by atoms with E-state index in [-0.39, 0.29) is 60.1 Å². The fraction of sp³-hybridized carbons (Fsp3) is 0.622. The van der Waals surface area contributed by atoms with Crippen molar-refractivity contribution in [3.05, 3.63) is 60.2 Å². The van der Waals surface area contributed by atoms with E-state index in [1.54, 1.807) is 66.5 Å². The van der Waals surface area contributed by atoms with Crippen LogP contribution in [0.25, 0.3) is 0 Å². The molecule has 0 aromatic heterocycles. The Bertz CT molecular complexity index is 1690. The van der Waals surface area contributed by atoms with Crippen molar-refractivity contribution in [3.63, 3.8) is 0 Å². The normalized spacial score (nSPS) is 18.2. The van der Waals surface area contributed by atoms with Crippen LogP contribution in [0.3, 0.4) is 0 Å². The maximum absolute atomic E-state index is 14.4. The van der Waals surface area contributed by atoms with Crippen molar-refractivity contribution in [1.29, 1.82) is 0 Å². The van der Waals surface area contributed by atoms with Gasteiger partial charge < -0.3 is 41.0 Å². The SMILES string of the molecule is CC[C@H](C)[C@@H]([C@@H](CC(=O)N1CCC[C@H]1[C@H](OC)[C@@H](C)C(=O)N[C@@H](Cc1ccccc1)C(=O)Nc1ccc(N)cc1)OC)N(C)C(=O)[C@@H](NC(=O)[C@H](C(C)C)N(C)S)C(C)C. The van der Waals surface area contributed by atoms with Gasteiger partial charge in [-0.05, 0) is 67.5 Å². The lowest BCUT2D eigenvalue weighted by Crippen LogP contribution is -2.59. The van der Waals surface area contributed by atoms with Gasteiger partial charge in [0.25, 0.3) is 0 Å². The third kappa shape index (κ3) is 13.4. The molecule has 2 aromatic carbocycles. The molecule has 0 saturated carbocycles. The highest BCUT2D eigenvalue weighted by Crippen LogP contribution is 2.30. The van der Waals surface area contributed by atoms with Crippen molar-refractivity contribution in [2.75, 3.05) is 45.9 Å². The molecule has 0 unspecified atom stereocenters. The van der Waals surface area contributed by atoms with Crippen LogP contribution >= 0.6 is 12.8 Å². The standard InChI is InChI=1S/C45H71N7O7S/c1-12-29(6)40(50(8)45(57)38(27(2)3)49-44(56)39(28(4)5)51(9)60)36(58-10)26-37(53)52-24-16-19-35(52)41(59-11)30(7)42(54)48-34(25-31-17-14-13-15-18-31)43(55)47-33-22-20-32(46)21-23-33/h13-15,17-18,20-23,27-30,34-36,38-41,60H,12,16,19,24-26,46H2,1-11H3,(H,47,55)(H,48,54)(H,49,56)/t29-,30+,34-,35-,36+,38-,39-,40-,41+/m0/s1. The highest BCUT2D eigenvalue weighted by atomic mass is 32.1. The van der Waals surface area contributed by atoms with Crippen LogP contribution in [0.5, 0.6) is 0 Å². The van der Waals surface area contributed by atoms with E-state index >= 15 is 0 Å². The Balaban J connectivity index is 1.81. The molecule has 15 heteroatoms. The number of nitrogens with two attached hydrogens (primary N) is 1. The Hall–Kier alpha value is -4.18. The Morgan fingerprint density at radius 2 is 1.50 bits per heavy atom. The van der Waals surface area contributed by atoms with Gasteiger partial charge >= 0.3 is 0 Å². The summed E-state index contributed by atoms with van der Waals surface area (Å²) < 4.78 is 13.6. The van der Waals surface area contributed by atoms with Crippen molar-refractivity contribution >= 4 is 53.7 Å². The predicted octanol–water partition coefficient (Wildman–Crippen LogP) is 4.80. The molecule has 1 aliphatic rings. The van der Waals surface area contributed by atoms with Crippen LogP contribution in [0.15, 0.2) is 54.6 Å². The smallest absolute Gasteiger partial charge is 0.247 e. The van der Waals surface area contributed by atoms with Gasteiger partial charge in [0.15, 0.2) is 0 Å². The lowest BCUT2D eigenvalue weighted by atomic mass is 9.89. The second-order valence-electron chi connectivity index (χ2n) is 16.9. The van der Waals surface area contributed by atoms with Gasteiger partial charge in [0, 0.05) is 45.6 Å². The Labute approximate surface area is 363 Å². The van der Waals surface area contributed by atoms with E-state index in [1.165, 1.54) is 7.11 Å². The molecule has 3 rings (SSSR count). The maximum Gasteiger partial charge on any atom is 0.247 e. The van der Waals surface area contributed by atoms with E-state index in [9.17, 15) is 24.0 Å². The van der Waals surface area contributed by atoms with Crippen LogP contribution < -0.4 is 21.7 Å². The molecule has 1 fully saturated rings. The summed E-state index contributed by atoms with van der Waals surface area (Å²) in [6.45, 7) is 13.9. The summed E-state index contributed by atoms with van der Waals surface area (Å²) in [5.41, 5.74) is 7.82. The van der Waals surface area contributed by atoms with Gasteiger partial charge in [-0.25, -0.2) is 4.31 Å². The molecule has 0 spiro atoms. The molecule has 1 heterocycles. The van der Waals surface area contributed by atoms with E-state index in [0.717, 1.165) is 5.56 Å². The van der Waals surface area contributed by atoms with Crippen molar-refractivity contribution in [1.82, 2.24) is 24.7 Å². The Morgan fingerprint density at radius 3 is 2.03 bits per heavy atom. The summed E-state index contributed by atoms with van der Waals surface area (Å²) >= 11 is 4.40. The molecule has 0 aliphatic carbocycles. The number of likely N-dealkylation sites (N-methyl/N-ethyl adjacent to an activating group) is 2. The van der Waals surface area contributed by atoms with Crippen LogP contribution in [0.4, 0.5) is 11.4 Å². The van der Waals surface area contributed by atoms with Crippen LogP contribution in [0, 0.1) is 23.7 Å². The average molecular weight is 854 g/mol. The summed E-state index contributed by atoms with van der Waals surface area (Å²) in [7, 11) is 6.50. The Kier molecular flexibility index (Phi) is 19.8. The summed E-state index contributed by atoms with van der Waals surface area (Å²) in [4.78, 5) is 73.2. The number of carbonyl (C=O) groups is 5. The number of amides is 5. The number of nitrogens with one attached hydrogen (secondary N) is 3. The monoisotopic (exact) mass is 854 g/mol. The highest BCUT2D eigenvalue weighted by molar-refractivity contribution is 7.77. The molecule has 60 heavy (non-hydrogen) atoms. The minimum absolute atomic E-state index is 0.0142. The molecule has 2 aromatic rings. The van der Waals surface area contributed by atoms with Gasteiger partial charge in [0.1, 0.15) is 18.1 Å². The molecule has 334 valence electrons. The number of benzene rings is 2. The van der Waals surface area contributed by atoms with Crippen molar-refractivity contribution in [2.45, 2.75) is 123 Å². The lowest BCUT2D eigenvalue weighted by Gasteiger charge is -2.41. The van der Waals surface area contributed by atoms with E-state index in [1.807, 2.05) is 71.9 Å². The van der Waals surface area contributed by atoms with Gasteiger partial charge in [-0.1, -0.05) is 98.0 Å². The number of rotatable bonds is 22. The van der Waals surface area contributed by atoms with Gasteiger partial charge in [-0.2, -0.15) is 0 Å². The van der Waals surface area contributed by atoms with Crippen LogP contribution in [0.2, 0.25) is 0 Å². The quantitative estimate of drug-likeness (QED) is 0.0824. The summed E-state index contributed by atoms with van der Waals surface area (Å²) in [5.74, 6) is -2.55. The van der Waals surface area contributed by atoms with E-state index in [4.69, 9.17) is 15.2 Å². The number of ether oxygens (including phenoxy) is 2. The predicted molar refractivity (Wildman–Crippen MR) is 240 cm³/mol. The maximum atomic E-state index is 14.4. The summed E-state index contributed by atoms with van der Waals surface area (Å²) in [6.07, 6.45) is 0.942. The molecule has 9 atom stereocenters. The number of hydrogen-bond acceptors (Lipinski definition) is 10. The highest BCUT2D eigenvalue weighted by Gasteiger charge is 2.43. The number of likely N-dealkylation sites (tertiary alicyclic amines) is 1. The zero-order valence-corrected chi connectivity index (χ0v) is 38.4.